The molecule has 0 unspecified atom stereocenters. The summed E-state index contributed by atoms with van der Waals surface area (Å²) in [5, 5.41) is 1.67. The predicted molar refractivity (Wildman–Crippen MR) is 160 cm³/mol. The van der Waals surface area contributed by atoms with Crippen molar-refractivity contribution in [2.24, 2.45) is 9.98 Å². The summed E-state index contributed by atoms with van der Waals surface area (Å²) >= 11 is 0. The Morgan fingerprint density at radius 3 is 2.51 bits per heavy atom. The molecule has 2 aliphatic heterocycles. The first kappa shape index (κ1) is 27.4. The minimum atomic E-state index is -0.381. The number of hydrogen-bond donors (Lipinski definition) is 0. The van der Waals surface area contributed by atoms with E-state index in [2.05, 4.69) is 16.6 Å². The van der Waals surface area contributed by atoms with E-state index in [0.717, 1.165) is 29.2 Å². The third-order valence-corrected chi connectivity index (χ3v) is 8.85. The van der Waals surface area contributed by atoms with Crippen LogP contribution in [-0.2, 0) is 6.42 Å². The van der Waals surface area contributed by atoms with E-state index >= 15 is 4.39 Å². The van der Waals surface area contributed by atoms with E-state index in [1.807, 2.05) is 57.1 Å². The largest absolute Gasteiger partial charge is 0.362 e. The number of aryl methyl sites for hydroxylation is 1. The fourth-order valence-corrected chi connectivity index (χ4v) is 7.11. The first-order chi connectivity index (χ1) is 18.8. The minimum Gasteiger partial charge on any atom is -0.362 e. The molecule has 2 heterocycles. The first-order valence-electron chi connectivity index (χ1n) is 14.3. The molecule has 2 aromatic rings. The van der Waals surface area contributed by atoms with Crippen LogP contribution in [0.4, 0.5) is 8.78 Å². The van der Waals surface area contributed by atoms with Crippen LogP contribution in [0.5, 0.6) is 0 Å². The van der Waals surface area contributed by atoms with Gasteiger partial charge >= 0.3 is 0 Å². The summed E-state index contributed by atoms with van der Waals surface area (Å²) in [7, 11) is 3.76. The van der Waals surface area contributed by atoms with Crippen LogP contribution in [0.15, 0.2) is 69.2 Å². The maximum atomic E-state index is 16.8. The van der Waals surface area contributed by atoms with Gasteiger partial charge in [-0.2, -0.15) is 0 Å². The molecule has 206 valence electrons. The normalized spacial score (nSPS) is 21.5. The van der Waals surface area contributed by atoms with Crippen molar-refractivity contribution in [3.63, 3.8) is 0 Å². The van der Waals surface area contributed by atoms with Gasteiger partial charge in [-0.1, -0.05) is 31.2 Å². The predicted octanol–water partition coefficient (Wildman–Crippen LogP) is 7.51. The SMILES string of the molecule is C=N/C(=C1/C=C(C)C(c2cccc3ccc(F)c(CC)c23)=C(F)/C1=N/CCCC12CCCN1CCC2)N(C)C. The highest BCUT2D eigenvalue weighted by molar-refractivity contribution is 6.21. The van der Waals surface area contributed by atoms with Crippen molar-refractivity contribution >= 4 is 28.8 Å². The zero-order valence-electron chi connectivity index (χ0n) is 23.8. The Balaban J connectivity index is 1.59. The fourth-order valence-electron chi connectivity index (χ4n) is 7.11. The number of aliphatic imine (C=N–C) groups is 2. The summed E-state index contributed by atoms with van der Waals surface area (Å²) in [6.45, 7) is 10.5. The van der Waals surface area contributed by atoms with Crippen molar-refractivity contribution in [3.05, 3.63) is 76.1 Å². The van der Waals surface area contributed by atoms with Crippen molar-refractivity contribution in [1.82, 2.24) is 9.80 Å². The van der Waals surface area contributed by atoms with Gasteiger partial charge in [0.15, 0.2) is 5.83 Å². The lowest BCUT2D eigenvalue weighted by Gasteiger charge is -2.32. The molecule has 0 atom stereocenters. The fraction of sp³-hybridized carbons (Fsp3) is 0.455. The van der Waals surface area contributed by atoms with Gasteiger partial charge in [-0.3, -0.25) is 9.89 Å². The average Bonchev–Trinajstić information content (AvgIpc) is 3.48. The van der Waals surface area contributed by atoms with Crippen LogP contribution in [0.1, 0.15) is 63.5 Å². The molecular weight excluding hydrogens is 490 g/mol. The molecule has 4 nitrogen and oxygen atoms in total. The molecule has 0 aromatic heterocycles. The van der Waals surface area contributed by atoms with Crippen LogP contribution in [0, 0.1) is 5.82 Å². The third-order valence-electron chi connectivity index (χ3n) is 8.85. The number of halogens is 2. The monoisotopic (exact) mass is 530 g/mol. The highest BCUT2D eigenvalue weighted by Crippen LogP contribution is 2.43. The van der Waals surface area contributed by atoms with E-state index in [9.17, 15) is 4.39 Å². The molecule has 0 amide bonds. The zero-order chi connectivity index (χ0) is 27.7. The number of nitrogens with zero attached hydrogens (tertiary/aromatic N) is 4. The number of fused-ring (bicyclic) bond motifs is 2. The van der Waals surface area contributed by atoms with Crippen LogP contribution >= 0.6 is 0 Å². The second kappa shape index (κ2) is 11.2. The lowest BCUT2D eigenvalue weighted by Crippen LogP contribution is -2.38. The zero-order valence-corrected chi connectivity index (χ0v) is 23.8. The van der Waals surface area contributed by atoms with Crippen LogP contribution < -0.4 is 0 Å². The molecule has 0 bridgehead atoms. The highest BCUT2D eigenvalue weighted by atomic mass is 19.1. The average molecular weight is 531 g/mol. The van der Waals surface area contributed by atoms with Gasteiger partial charge in [0.25, 0.3) is 0 Å². The molecule has 0 radical (unpaired) electrons. The lowest BCUT2D eigenvalue weighted by atomic mass is 9.84. The van der Waals surface area contributed by atoms with Crippen molar-refractivity contribution in [2.45, 2.75) is 64.3 Å². The van der Waals surface area contributed by atoms with Gasteiger partial charge in [-0.05, 0) is 111 Å². The Bertz CT molecular complexity index is 1400. The molecule has 2 fully saturated rings. The minimum absolute atomic E-state index is 0.261. The maximum absolute atomic E-state index is 16.8. The molecule has 2 saturated heterocycles. The number of allylic oxidation sites excluding steroid dienone is 5. The number of benzene rings is 2. The topological polar surface area (TPSA) is 31.2 Å². The Labute approximate surface area is 231 Å². The van der Waals surface area contributed by atoms with Gasteiger partial charge in [-0.25, -0.2) is 13.8 Å². The van der Waals surface area contributed by atoms with Gasteiger partial charge in [0.2, 0.25) is 0 Å². The number of rotatable bonds is 8. The van der Waals surface area contributed by atoms with Crippen LogP contribution in [0.3, 0.4) is 0 Å². The number of hydrogen-bond acceptors (Lipinski definition) is 4. The van der Waals surface area contributed by atoms with Gasteiger partial charge in [-0.15, -0.1) is 0 Å². The molecule has 2 aromatic carbocycles. The standard InChI is InChI=1S/C33H40F2N4/c1-6-24-27(34)14-13-23-11-7-12-25(29(23)24)28-22(2)21-26(32(36-3)38(4)5)31(30(28)35)37-18-8-15-33-16-9-19-39(33)20-10-17-33/h7,11-14,21H,3,6,8-10,15-20H2,1-2,4-5H3/b32-26+,37-31+. The van der Waals surface area contributed by atoms with E-state index in [-0.39, 0.29) is 11.6 Å². The molecule has 0 N–H and O–H groups in total. The smallest absolute Gasteiger partial charge is 0.157 e. The molecule has 5 rings (SSSR count). The van der Waals surface area contributed by atoms with Crippen LogP contribution in [-0.4, -0.2) is 61.5 Å². The highest BCUT2D eigenvalue weighted by Gasteiger charge is 2.43. The van der Waals surface area contributed by atoms with Crippen LogP contribution in [0.2, 0.25) is 0 Å². The van der Waals surface area contributed by atoms with E-state index in [4.69, 9.17) is 4.99 Å². The summed E-state index contributed by atoms with van der Waals surface area (Å²) in [4.78, 5) is 13.6. The summed E-state index contributed by atoms with van der Waals surface area (Å²) in [6.07, 6.45) is 9.56. The summed E-state index contributed by atoms with van der Waals surface area (Å²) in [6, 6.07) is 9.04. The van der Waals surface area contributed by atoms with Crippen LogP contribution in [0.25, 0.3) is 16.3 Å². The maximum Gasteiger partial charge on any atom is 0.157 e. The molecule has 0 saturated carbocycles. The first-order valence-corrected chi connectivity index (χ1v) is 14.3. The molecular formula is C33H40F2N4. The van der Waals surface area contributed by atoms with Crippen molar-refractivity contribution < 1.29 is 8.78 Å². The van der Waals surface area contributed by atoms with Crippen molar-refractivity contribution in [2.75, 3.05) is 33.7 Å². The molecule has 6 heteroatoms. The summed E-state index contributed by atoms with van der Waals surface area (Å²) in [5.74, 6) is -0.0615. The van der Waals surface area contributed by atoms with E-state index in [1.54, 1.807) is 6.07 Å². The lowest BCUT2D eigenvalue weighted by molar-refractivity contribution is 0.180. The Morgan fingerprint density at radius 1 is 1.10 bits per heavy atom. The summed E-state index contributed by atoms with van der Waals surface area (Å²) < 4.78 is 31.6. The van der Waals surface area contributed by atoms with Gasteiger partial charge in [0, 0.05) is 37.3 Å². The molecule has 1 aliphatic carbocycles. The van der Waals surface area contributed by atoms with Gasteiger partial charge in [0.1, 0.15) is 17.3 Å². The molecule has 3 aliphatic rings. The van der Waals surface area contributed by atoms with E-state index < -0.39 is 0 Å². The third kappa shape index (κ3) is 4.88. The quantitative estimate of drug-likeness (QED) is 0.261. The molecule has 0 spiro atoms. The summed E-state index contributed by atoms with van der Waals surface area (Å²) in [5.41, 5.74) is 3.81. The second-order valence-corrected chi connectivity index (χ2v) is 11.3. The van der Waals surface area contributed by atoms with Crippen molar-refractivity contribution in [3.8, 4) is 0 Å². The Morgan fingerprint density at radius 2 is 1.85 bits per heavy atom. The van der Waals surface area contributed by atoms with E-state index in [1.165, 1.54) is 44.8 Å². The second-order valence-electron chi connectivity index (χ2n) is 11.3. The molecule has 39 heavy (non-hydrogen) atoms. The van der Waals surface area contributed by atoms with Gasteiger partial charge in [0.05, 0.1) is 0 Å². The Kier molecular flexibility index (Phi) is 7.86. The van der Waals surface area contributed by atoms with E-state index in [0.29, 0.717) is 52.3 Å². The Hall–Kier alpha value is -3.12. The van der Waals surface area contributed by atoms with Crippen molar-refractivity contribution in [1.29, 1.82) is 0 Å². The van der Waals surface area contributed by atoms with Gasteiger partial charge < -0.3 is 4.90 Å².